The summed E-state index contributed by atoms with van der Waals surface area (Å²) in [6, 6.07) is 0. The van der Waals surface area contributed by atoms with Gasteiger partial charge in [0.05, 0.1) is 6.61 Å². The molecule has 55 heavy (non-hydrogen) atoms. The van der Waals surface area contributed by atoms with Gasteiger partial charge in [-0.1, -0.05) is 146 Å². The van der Waals surface area contributed by atoms with Crippen molar-refractivity contribution in [2.75, 3.05) is 19.0 Å². The molecule has 0 aliphatic carbocycles. The monoisotopic (exact) mass is 800 g/mol. The minimum absolute atomic E-state index is 0.0433. The standard InChI is InChI=1S/C42H72O12S/c1-3-5-7-9-11-13-15-17-19-20-22-24-26-28-30-37(43)51-32-35(33-52-42-41(47)40(46)39(45)36(54-42)34-55(48,49)50)53-38(44)31-29-27-25-23-21-18-16-14-12-10-8-6-4-2/h6,8,12,14,18,21,25,27,35-36,39-42,45-47H,3-5,7,9-11,13,15-17,19-20,22-24,26,28-34H2,1-2H3,(H,48,49,50)/b8-6-,14-12-,21-18-,27-25-. The van der Waals surface area contributed by atoms with Crippen molar-refractivity contribution in [3.8, 4) is 0 Å². The highest BCUT2D eigenvalue weighted by Gasteiger charge is 2.46. The third-order valence-corrected chi connectivity index (χ3v) is 9.94. The first-order chi connectivity index (χ1) is 26.5. The Labute approximate surface area is 331 Å². The molecule has 4 N–H and O–H groups in total. The van der Waals surface area contributed by atoms with Crippen LogP contribution in [0.4, 0.5) is 0 Å². The van der Waals surface area contributed by atoms with Gasteiger partial charge >= 0.3 is 11.9 Å². The van der Waals surface area contributed by atoms with E-state index in [0.29, 0.717) is 19.3 Å². The fourth-order valence-electron chi connectivity index (χ4n) is 5.98. The third-order valence-electron chi connectivity index (χ3n) is 9.19. The molecule has 6 atom stereocenters. The summed E-state index contributed by atoms with van der Waals surface area (Å²) in [6.07, 6.45) is 27.6. The second-order valence-electron chi connectivity index (χ2n) is 14.3. The van der Waals surface area contributed by atoms with E-state index < -0.39 is 71.2 Å². The lowest BCUT2D eigenvalue weighted by molar-refractivity contribution is -0.297. The van der Waals surface area contributed by atoms with Gasteiger partial charge in [-0.3, -0.25) is 14.1 Å². The average Bonchev–Trinajstić information content (AvgIpc) is 3.14. The molecule has 0 radical (unpaired) electrons. The molecule has 0 bridgehead atoms. The molecule has 12 nitrogen and oxygen atoms in total. The van der Waals surface area contributed by atoms with Gasteiger partial charge in [-0.2, -0.15) is 8.42 Å². The second-order valence-corrected chi connectivity index (χ2v) is 15.8. The highest BCUT2D eigenvalue weighted by molar-refractivity contribution is 7.85. The summed E-state index contributed by atoms with van der Waals surface area (Å²) in [5.74, 6) is -2.09. The Morgan fingerprint density at radius 3 is 1.67 bits per heavy atom. The maximum Gasteiger partial charge on any atom is 0.306 e. The molecule has 0 saturated carbocycles. The normalized spacial score (nSPS) is 21.3. The number of aliphatic hydroxyl groups excluding tert-OH is 3. The Balaban J connectivity index is 2.54. The average molecular weight is 801 g/mol. The molecule has 318 valence electrons. The first-order valence-electron chi connectivity index (χ1n) is 20.7. The van der Waals surface area contributed by atoms with Gasteiger partial charge in [-0.15, -0.1) is 0 Å². The zero-order valence-electron chi connectivity index (χ0n) is 33.5. The first kappa shape index (κ1) is 50.6. The van der Waals surface area contributed by atoms with E-state index in [4.69, 9.17) is 18.9 Å². The summed E-state index contributed by atoms with van der Waals surface area (Å²) in [6.45, 7) is 3.56. The Morgan fingerprint density at radius 1 is 0.636 bits per heavy atom. The number of carbonyl (C=O) groups excluding carboxylic acids is 2. The van der Waals surface area contributed by atoms with E-state index >= 15 is 0 Å². The number of esters is 2. The largest absolute Gasteiger partial charge is 0.462 e. The quantitative estimate of drug-likeness (QED) is 0.0221. The van der Waals surface area contributed by atoms with Gasteiger partial charge in [-0.05, 0) is 38.5 Å². The Kier molecular flexibility index (Phi) is 30.1. The van der Waals surface area contributed by atoms with E-state index in [1.807, 2.05) is 18.2 Å². The van der Waals surface area contributed by atoms with Crippen molar-refractivity contribution in [3.05, 3.63) is 48.6 Å². The molecule has 13 heteroatoms. The van der Waals surface area contributed by atoms with Crippen LogP contribution < -0.4 is 0 Å². The number of hydrogen-bond donors (Lipinski definition) is 4. The summed E-state index contributed by atoms with van der Waals surface area (Å²) >= 11 is 0. The molecular weight excluding hydrogens is 729 g/mol. The van der Waals surface area contributed by atoms with Crippen LogP contribution in [-0.2, 0) is 38.7 Å². The van der Waals surface area contributed by atoms with E-state index in [2.05, 4.69) is 44.2 Å². The molecule has 6 unspecified atom stereocenters. The molecule has 1 fully saturated rings. The maximum atomic E-state index is 12.7. The lowest BCUT2D eigenvalue weighted by Gasteiger charge is -2.40. The number of rotatable bonds is 33. The lowest BCUT2D eigenvalue weighted by atomic mass is 10.00. The van der Waals surface area contributed by atoms with Crippen LogP contribution in [0.3, 0.4) is 0 Å². The van der Waals surface area contributed by atoms with Crippen molar-refractivity contribution in [1.29, 1.82) is 0 Å². The van der Waals surface area contributed by atoms with Crippen molar-refractivity contribution in [1.82, 2.24) is 0 Å². The lowest BCUT2D eigenvalue weighted by Crippen LogP contribution is -2.60. The van der Waals surface area contributed by atoms with Crippen molar-refractivity contribution in [2.24, 2.45) is 0 Å². The fraction of sp³-hybridized carbons (Fsp3) is 0.762. The van der Waals surface area contributed by atoms with Crippen LogP contribution in [0.15, 0.2) is 48.6 Å². The smallest absolute Gasteiger partial charge is 0.306 e. The Morgan fingerprint density at radius 2 is 1.15 bits per heavy atom. The maximum absolute atomic E-state index is 12.7. The minimum atomic E-state index is -4.61. The van der Waals surface area contributed by atoms with Crippen molar-refractivity contribution in [2.45, 2.75) is 185 Å². The van der Waals surface area contributed by atoms with Crippen LogP contribution >= 0.6 is 0 Å². The predicted molar refractivity (Wildman–Crippen MR) is 215 cm³/mol. The molecule has 0 aromatic rings. The number of allylic oxidation sites excluding steroid dienone is 8. The topological polar surface area (TPSA) is 186 Å². The molecular formula is C42H72O12S. The van der Waals surface area contributed by atoms with Crippen LogP contribution in [0.1, 0.15) is 149 Å². The zero-order chi connectivity index (χ0) is 40.6. The molecule has 0 spiro atoms. The summed E-state index contributed by atoms with van der Waals surface area (Å²) in [5, 5.41) is 30.8. The van der Waals surface area contributed by atoms with Gasteiger partial charge in [0.2, 0.25) is 0 Å². The second kappa shape index (κ2) is 32.7. The van der Waals surface area contributed by atoms with Crippen molar-refractivity contribution in [3.63, 3.8) is 0 Å². The summed E-state index contributed by atoms with van der Waals surface area (Å²) in [4.78, 5) is 25.3. The van der Waals surface area contributed by atoms with Gasteiger partial charge in [0.1, 0.15) is 36.8 Å². The molecule has 0 amide bonds. The Bertz CT molecular complexity index is 1210. The zero-order valence-corrected chi connectivity index (χ0v) is 34.3. The highest BCUT2D eigenvalue weighted by atomic mass is 32.2. The van der Waals surface area contributed by atoms with Crippen LogP contribution in [-0.4, -0.2) is 96.0 Å². The highest BCUT2D eigenvalue weighted by Crippen LogP contribution is 2.24. The minimum Gasteiger partial charge on any atom is -0.462 e. The SMILES string of the molecule is CC/C=C\C/C=C\C/C=C\C/C=C\CCC(=O)OC(COC(=O)CCCCCCCCCCCCCCCC)COC1OC(CS(=O)(=O)O)C(O)C(O)C1O. The summed E-state index contributed by atoms with van der Waals surface area (Å²) < 4.78 is 53.8. The van der Waals surface area contributed by atoms with Gasteiger partial charge in [0.15, 0.2) is 12.4 Å². The van der Waals surface area contributed by atoms with E-state index in [9.17, 15) is 37.9 Å². The van der Waals surface area contributed by atoms with Crippen molar-refractivity contribution >= 4 is 22.1 Å². The molecule has 1 saturated heterocycles. The van der Waals surface area contributed by atoms with Crippen LogP contribution in [0.2, 0.25) is 0 Å². The number of carbonyl (C=O) groups is 2. The fourth-order valence-corrected chi connectivity index (χ4v) is 6.67. The Hall–Kier alpha value is -2.39. The summed E-state index contributed by atoms with van der Waals surface area (Å²) in [5.41, 5.74) is 0. The number of unbranched alkanes of at least 4 members (excludes halogenated alkanes) is 13. The number of aliphatic hydroxyl groups is 3. The molecule has 1 aliphatic rings. The van der Waals surface area contributed by atoms with E-state index in [-0.39, 0.29) is 19.4 Å². The molecule has 1 heterocycles. The summed E-state index contributed by atoms with van der Waals surface area (Å²) in [7, 11) is -4.61. The third kappa shape index (κ3) is 27.8. The predicted octanol–water partition coefficient (Wildman–Crippen LogP) is 7.61. The molecule has 1 rings (SSSR count). The van der Waals surface area contributed by atoms with E-state index in [1.54, 1.807) is 0 Å². The van der Waals surface area contributed by atoms with Crippen molar-refractivity contribution < 1.29 is 56.8 Å². The first-order valence-corrected chi connectivity index (χ1v) is 22.3. The van der Waals surface area contributed by atoms with Gasteiger partial charge in [0.25, 0.3) is 10.1 Å². The van der Waals surface area contributed by atoms with Gasteiger partial charge in [0, 0.05) is 12.8 Å². The molecule has 0 aromatic carbocycles. The van der Waals surface area contributed by atoms with Gasteiger partial charge < -0.3 is 34.3 Å². The van der Waals surface area contributed by atoms with E-state index in [0.717, 1.165) is 38.5 Å². The number of ether oxygens (including phenoxy) is 4. The molecule has 0 aromatic heterocycles. The molecule has 1 aliphatic heterocycles. The number of hydrogen-bond acceptors (Lipinski definition) is 11. The van der Waals surface area contributed by atoms with Crippen LogP contribution in [0.5, 0.6) is 0 Å². The van der Waals surface area contributed by atoms with Crippen LogP contribution in [0.25, 0.3) is 0 Å². The van der Waals surface area contributed by atoms with Gasteiger partial charge in [-0.25, -0.2) is 0 Å². The van der Waals surface area contributed by atoms with E-state index in [1.165, 1.54) is 64.2 Å². The van der Waals surface area contributed by atoms with Crippen LogP contribution in [0, 0.1) is 0 Å².